The Morgan fingerprint density at radius 2 is 1.91 bits per heavy atom. The second-order valence-corrected chi connectivity index (χ2v) is 6.16. The molecule has 1 saturated heterocycles. The molecule has 4 heteroatoms. The number of phenols is 1. The van der Waals surface area contributed by atoms with Gasteiger partial charge in [0.2, 0.25) is 0 Å². The van der Waals surface area contributed by atoms with Gasteiger partial charge in [0, 0.05) is 19.6 Å². The minimum Gasteiger partial charge on any atom is -0.507 e. The zero-order valence-electron chi connectivity index (χ0n) is 13.8. The largest absolute Gasteiger partial charge is 0.507 e. The number of carbonyl (C=O) groups excluding carboxylic acids is 1. The van der Waals surface area contributed by atoms with E-state index in [1.165, 1.54) is 25.7 Å². The average Bonchev–Trinajstić information content (AvgIpc) is 2.79. The Morgan fingerprint density at radius 3 is 2.55 bits per heavy atom. The maximum atomic E-state index is 12.6. The molecule has 0 aromatic heterocycles. The summed E-state index contributed by atoms with van der Waals surface area (Å²) in [5.74, 6) is 0.00217. The normalized spacial score (nSPS) is 16.3. The predicted octanol–water partition coefficient (Wildman–Crippen LogP) is 3.04. The van der Waals surface area contributed by atoms with Crippen LogP contribution in [0.2, 0.25) is 0 Å². The molecule has 1 aliphatic heterocycles. The van der Waals surface area contributed by atoms with Gasteiger partial charge in [0.05, 0.1) is 5.56 Å². The van der Waals surface area contributed by atoms with E-state index in [2.05, 4.69) is 4.90 Å². The van der Waals surface area contributed by atoms with Crippen molar-refractivity contribution in [2.45, 2.75) is 39.5 Å². The summed E-state index contributed by atoms with van der Waals surface area (Å²) in [6, 6.07) is 5.19. The van der Waals surface area contributed by atoms with Crippen LogP contribution in [0, 0.1) is 6.92 Å². The highest BCUT2D eigenvalue weighted by molar-refractivity contribution is 5.97. The lowest BCUT2D eigenvalue weighted by atomic mass is 10.1. The molecule has 0 bridgehead atoms. The Kier molecular flexibility index (Phi) is 6.25. The van der Waals surface area contributed by atoms with Crippen LogP contribution in [0.3, 0.4) is 0 Å². The molecule has 1 heterocycles. The van der Waals surface area contributed by atoms with Gasteiger partial charge in [0.1, 0.15) is 5.75 Å². The molecular formula is C18H28N2O2. The van der Waals surface area contributed by atoms with Crippen LogP contribution >= 0.6 is 0 Å². The number of benzene rings is 1. The number of phenolic OH excluding ortho intramolecular Hbond substituents is 1. The van der Waals surface area contributed by atoms with Crippen molar-refractivity contribution in [1.82, 2.24) is 9.80 Å². The zero-order valence-corrected chi connectivity index (χ0v) is 13.8. The summed E-state index contributed by atoms with van der Waals surface area (Å²) in [6.45, 7) is 8.52. The van der Waals surface area contributed by atoms with Crippen LogP contribution in [-0.2, 0) is 0 Å². The van der Waals surface area contributed by atoms with Gasteiger partial charge in [-0.2, -0.15) is 0 Å². The Balaban J connectivity index is 1.98. The molecule has 4 nitrogen and oxygen atoms in total. The fraction of sp³-hybridized carbons (Fsp3) is 0.611. The molecule has 1 aliphatic rings. The van der Waals surface area contributed by atoms with E-state index < -0.39 is 0 Å². The predicted molar refractivity (Wildman–Crippen MR) is 89.3 cm³/mol. The van der Waals surface area contributed by atoms with E-state index in [9.17, 15) is 9.90 Å². The number of hydrogen-bond acceptors (Lipinski definition) is 3. The zero-order chi connectivity index (χ0) is 15.9. The van der Waals surface area contributed by atoms with Crippen LogP contribution in [0.5, 0.6) is 5.75 Å². The molecule has 1 aromatic rings. The van der Waals surface area contributed by atoms with Crippen LogP contribution in [0.4, 0.5) is 0 Å². The molecule has 22 heavy (non-hydrogen) atoms. The number of amides is 1. The molecule has 0 radical (unpaired) electrons. The Morgan fingerprint density at radius 1 is 1.23 bits per heavy atom. The minimum atomic E-state index is -0.0708. The summed E-state index contributed by atoms with van der Waals surface area (Å²) in [7, 11) is 0. The first kappa shape index (κ1) is 16.8. The third-order valence-electron chi connectivity index (χ3n) is 4.44. The van der Waals surface area contributed by atoms with E-state index in [0.29, 0.717) is 12.1 Å². The minimum absolute atomic E-state index is 0.0708. The van der Waals surface area contributed by atoms with Crippen LogP contribution in [0.1, 0.15) is 48.5 Å². The summed E-state index contributed by atoms with van der Waals surface area (Å²) in [6.07, 6.45) is 5.17. The number of likely N-dealkylation sites (N-methyl/N-ethyl adjacent to an activating group) is 1. The van der Waals surface area contributed by atoms with Gasteiger partial charge < -0.3 is 14.9 Å². The fourth-order valence-corrected chi connectivity index (χ4v) is 3.02. The van der Waals surface area contributed by atoms with Crippen molar-refractivity contribution in [3.8, 4) is 5.75 Å². The second-order valence-electron chi connectivity index (χ2n) is 6.16. The Bertz CT molecular complexity index is 494. The first-order valence-corrected chi connectivity index (χ1v) is 8.43. The van der Waals surface area contributed by atoms with E-state index >= 15 is 0 Å². The van der Waals surface area contributed by atoms with Gasteiger partial charge in [0.15, 0.2) is 0 Å². The van der Waals surface area contributed by atoms with E-state index in [1.807, 2.05) is 24.8 Å². The molecule has 1 N–H and O–H groups in total. The lowest BCUT2D eigenvalue weighted by molar-refractivity contribution is 0.0742. The van der Waals surface area contributed by atoms with Gasteiger partial charge in [-0.1, -0.05) is 24.5 Å². The lowest BCUT2D eigenvalue weighted by Crippen LogP contribution is -2.39. The Hall–Kier alpha value is -1.55. The maximum absolute atomic E-state index is 12.6. The second kappa shape index (κ2) is 8.18. The molecule has 0 aliphatic carbocycles. The van der Waals surface area contributed by atoms with Gasteiger partial charge in [-0.15, -0.1) is 0 Å². The lowest BCUT2D eigenvalue weighted by Gasteiger charge is -2.26. The SMILES string of the molecule is CCN(CCN1CCCCCC1)C(=O)c1cc(C)ccc1O. The number of likely N-dealkylation sites (tertiary alicyclic amines) is 1. The van der Waals surface area contributed by atoms with E-state index in [0.717, 1.165) is 31.7 Å². The number of carbonyl (C=O) groups is 1. The molecule has 0 unspecified atom stereocenters. The highest BCUT2D eigenvalue weighted by Crippen LogP contribution is 2.20. The summed E-state index contributed by atoms with van der Waals surface area (Å²) >= 11 is 0. The Labute approximate surface area is 133 Å². The van der Waals surface area contributed by atoms with Crippen molar-refractivity contribution in [2.24, 2.45) is 0 Å². The molecular weight excluding hydrogens is 276 g/mol. The van der Waals surface area contributed by atoms with Crippen LogP contribution < -0.4 is 0 Å². The summed E-state index contributed by atoms with van der Waals surface area (Å²) in [4.78, 5) is 16.9. The topological polar surface area (TPSA) is 43.8 Å². The number of hydrogen-bond donors (Lipinski definition) is 1. The van der Waals surface area contributed by atoms with Crippen molar-refractivity contribution < 1.29 is 9.90 Å². The van der Waals surface area contributed by atoms with E-state index in [4.69, 9.17) is 0 Å². The number of nitrogens with zero attached hydrogens (tertiary/aromatic N) is 2. The standard InChI is InChI=1S/C18H28N2O2/c1-3-20(13-12-19-10-6-4-5-7-11-19)18(22)16-14-15(2)8-9-17(16)21/h8-9,14,21H,3-7,10-13H2,1-2H3. The van der Waals surface area contributed by atoms with Crippen LogP contribution in [0.15, 0.2) is 18.2 Å². The maximum Gasteiger partial charge on any atom is 0.257 e. The number of aryl methyl sites for hydroxylation is 1. The van der Waals surface area contributed by atoms with Crippen molar-refractivity contribution in [3.05, 3.63) is 29.3 Å². The molecule has 2 rings (SSSR count). The highest BCUT2D eigenvalue weighted by Gasteiger charge is 2.19. The summed E-state index contributed by atoms with van der Waals surface area (Å²) < 4.78 is 0. The first-order chi connectivity index (χ1) is 10.6. The van der Waals surface area contributed by atoms with Gasteiger partial charge >= 0.3 is 0 Å². The first-order valence-electron chi connectivity index (χ1n) is 8.43. The molecule has 0 atom stereocenters. The van der Waals surface area contributed by atoms with Gasteiger partial charge in [-0.3, -0.25) is 4.79 Å². The molecule has 1 fully saturated rings. The molecule has 122 valence electrons. The quantitative estimate of drug-likeness (QED) is 0.909. The molecule has 0 spiro atoms. The average molecular weight is 304 g/mol. The van der Waals surface area contributed by atoms with E-state index in [1.54, 1.807) is 12.1 Å². The summed E-state index contributed by atoms with van der Waals surface area (Å²) in [5, 5.41) is 9.95. The monoisotopic (exact) mass is 304 g/mol. The van der Waals surface area contributed by atoms with Gasteiger partial charge in [-0.25, -0.2) is 0 Å². The van der Waals surface area contributed by atoms with Crippen molar-refractivity contribution in [3.63, 3.8) is 0 Å². The molecule has 0 saturated carbocycles. The van der Waals surface area contributed by atoms with Gasteiger partial charge in [0.25, 0.3) is 5.91 Å². The molecule has 1 amide bonds. The number of aromatic hydroxyl groups is 1. The van der Waals surface area contributed by atoms with Crippen LogP contribution in [0.25, 0.3) is 0 Å². The third kappa shape index (κ3) is 4.47. The van der Waals surface area contributed by atoms with Crippen molar-refractivity contribution in [1.29, 1.82) is 0 Å². The third-order valence-corrected chi connectivity index (χ3v) is 4.44. The molecule has 1 aromatic carbocycles. The van der Waals surface area contributed by atoms with Crippen LogP contribution in [-0.4, -0.2) is 53.5 Å². The van der Waals surface area contributed by atoms with Crippen molar-refractivity contribution >= 4 is 5.91 Å². The highest BCUT2D eigenvalue weighted by atomic mass is 16.3. The summed E-state index contributed by atoms with van der Waals surface area (Å²) in [5.41, 5.74) is 1.41. The van der Waals surface area contributed by atoms with Crippen molar-refractivity contribution in [2.75, 3.05) is 32.7 Å². The number of rotatable bonds is 5. The van der Waals surface area contributed by atoms with Gasteiger partial charge in [-0.05, 0) is 51.9 Å². The fourth-order valence-electron chi connectivity index (χ4n) is 3.02. The van der Waals surface area contributed by atoms with E-state index in [-0.39, 0.29) is 11.7 Å². The smallest absolute Gasteiger partial charge is 0.257 e.